The fourth-order valence-corrected chi connectivity index (χ4v) is 8.52. The van der Waals surface area contributed by atoms with Crippen molar-refractivity contribution in [3.05, 3.63) is 12.2 Å². The zero-order chi connectivity index (χ0) is 18.1. The molecular weight excluding hydrogens is 322 g/mol. The Bertz CT molecular complexity index is 630. The number of carbonyl (C=O) groups is 1. The minimum atomic E-state index is 0.0312. The fraction of sp³-hybridized carbons (Fsp3) is 0.870. The largest absolute Gasteiger partial charge is 0.465 e. The van der Waals surface area contributed by atoms with Gasteiger partial charge in [0.15, 0.2) is 0 Å². The maximum atomic E-state index is 11.7. The number of rotatable bonds is 1. The topological polar surface area (TPSA) is 52.3 Å². The van der Waals surface area contributed by atoms with Crippen molar-refractivity contribution in [1.82, 2.24) is 0 Å². The van der Waals surface area contributed by atoms with Crippen molar-refractivity contribution in [2.75, 3.05) is 6.61 Å². The summed E-state index contributed by atoms with van der Waals surface area (Å²) in [6.07, 6.45) is 14.6. The van der Waals surface area contributed by atoms with Gasteiger partial charge in [-0.2, -0.15) is 0 Å². The number of cyclic esters (lactones) is 1. The van der Waals surface area contributed by atoms with Gasteiger partial charge in [-0.25, -0.2) is 0 Å². The molecule has 0 bridgehead atoms. The van der Waals surface area contributed by atoms with Crippen molar-refractivity contribution in [2.45, 2.75) is 71.3 Å². The molecule has 0 spiro atoms. The predicted octanol–water partition coefficient (Wildman–Crippen LogP) is 4.31. The molecule has 0 radical (unpaired) electrons. The van der Waals surface area contributed by atoms with Crippen LogP contribution in [-0.2, 0) is 9.53 Å². The Balaban J connectivity index is 1.43. The van der Waals surface area contributed by atoms with Gasteiger partial charge in [0.1, 0.15) is 0 Å². The van der Waals surface area contributed by atoms with E-state index in [1.54, 1.807) is 0 Å². The molecule has 5 rings (SSSR count). The molecule has 5 aliphatic rings. The predicted molar refractivity (Wildman–Crippen MR) is 102 cm³/mol. The molecule has 9 atom stereocenters. The van der Waals surface area contributed by atoms with E-state index in [4.69, 9.17) is 10.5 Å². The van der Waals surface area contributed by atoms with Crippen molar-refractivity contribution < 1.29 is 9.53 Å². The van der Waals surface area contributed by atoms with E-state index >= 15 is 0 Å². The average Bonchev–Trinajstić information content (AvgIpc) is 3.18. The smallest absolute Gasteiger partial charge is 0.306 e. The first-order valence-corrected chi connectivity index (χ1v) is 11.0. The maximum absolute atomic E-state index is 11.7. The lowest BCUT2D eigenvalue weighted by molar-refractivity contribution is -0.137. The Kier molecular flexibility index (Phi) is 3.88. The van der Waals surface area contributed by atoms with Gasteiger partial charge in [-0.1, -0.05) is 26.0 Å². The molecule has 0 amide bonds. The van der Waals surface area contributed by atoms with E-state index in [2.05, 4.69) is 26.0 Å². The van der Waals surface area contributed by atoms with Gasteiger partial charge in [0.2, 0.25) is 0 Å². The van der Waals surface area contributed by atoms with E-state index < -0.39 is 0 Å². The monoisotopic (exact) mass is 357 g/mol. The minimum absolute atomic E-state index is 0.0312. The van der Waals surface area contributed by atoms with E-state index in [0.29, 0.717) is 47.7 Å². The quantitative estimate of drug-likeness (QED) is 0.562. The summed E-state index contributed by atoms with van der Waals surface area (Å²) in [7, 11) is 0. The molecule has 2 N–H and O–H groups in total. The van der Waals surface area contributed by atoms with Gasteiger partial charge < -0.3 is 10.5 Å². The number of carbonyl (C=O) groups excluding carboxylic acids is 1. The van der Waals surface area contributed by atoms with Gasteiger partial charge >= 0.3 is 5.97 Å². The molecule has 2 unspecified atom stereocenters. The number of hydrogen-bond acceptors (Lipinski definition) is 3. The van der Waals surface area contributed by atoms with E-state index in [0.717, 1.165) is 24.2 Å². The van der Waals surface area contributed by atoms with Crippen LogP contribution < -0.4 is 5.73 Å². The second kappa shape index (κ2) is 5.83. The summed E-state index contributed by atoms with van der Waals surface area (Å²) < 4.78 is 5.35. The summed E-state index contributed by atoms with van der Waals surface area (Å²) >= 11 is 0. The van der Waals surface area contributed by atoms with E-state index in [-0.39, 0.29) is 5.97 Å². The number of esters is 1. The van der Waals surface area contributed by atoms with E-state index in [1.807, 2.05) is 0 Å². The van der Waals surface area contributed by atoms with Crippen LogP contribution in [0.1, 0.15) is 65.2 Å². The first-order valence-electron chi connectivity index (χ1n) is 11.0. The third kappa shape index (κ3) is 2.19. The molecule has 0 aromatic heterocycles. The summed E-state index contributed by atoms with van der Waals surface area (Å²) in [6, 6.07) is 0.327. The number of allylic oxidation sites excluding steroid dienone is 1. The average molecular weight is 358 g/mol. The van der Waals surface area contributed by atoms with Crippen LogP contribution in [0.5, 0.6) is 0 Å². The molecule has 3 heteroatoms. The zero-order valence-corrected chi connectivity index (χ0v) is 16.5. The number of nitrogens with two attached hydrogens (primary N) is 1. The first kappa shape index (κ1) is 17.3. The van der Waals surface area contributed by atoms with Crippen LogP contribution in [0.25, 0.3) is 0 Å². The maximum Gasteiger partial charge on any atom is 0.306 e. The van der Waals surface area contributed by atoms with Gasteiger partial charge in [0.25, 0.3) is 0 Å². The minimum Gasteiger partial charge on any atom is -0.465 e. The van der Waals surface area contributed by atoms with Crippen LogP contribution in [0.15, 0.2) is 12.2 Å². The second-order valence-corrected chi connectivity index (χ2v) is 10.6. The molecule has 0 aromatic carbocycles. The van der Waals surface area contributed by atoms with Crippen LogP contribution in [0.4, 0.5) is 0 Å². The third-order valence-electron chi connectivity index (χ3n) is 9.93. The fourth-order valence-electron chi connectivity index (χ4n) is 8.52. The van der Waals surface area contributed by atoms with Crippen LogP contribution >= 0.6 is 0 Å². The summed E-state index contributed by atoms with van der Waals surface area (Å²) in [5.74, 6) is 4.35. The van der Waals surface area contributed by atoms with Crippen molar-refractivity contribution >= 4 is 5.97 Å². The Hall–Kier alpha value is -0.830. The van der Waals surface area contributed by atoms with Crippen molar-refractivity contribution in [3.8, 4) is 0 Å². The SMILES string of the molecule is C[C@]12C(N)CC=CC1CC[C@H]1[C@H]3CC[C@H]([C@@H]4COC(=O)C4)[C@@]3(C)CC[C@@H]12. The van der Waals surface area contributed by atoms with Crippen LogP contribution in [0, 0.1) is 46.3 Å². The molecule has 144 valence electrons. The molecule has 3 saturated carbocycles. The number of ether oxygens (including phenoxy) is 1. The molecule has 3 nitrogen and oxygen atoms in total. The van der Waals surface area contributed by atoms with Crippen LogP contribution in [0.2, 0.25) is 0 Å². The zero-order valence-electron chi connectivity index (χ0n) is 16.5. The van der Waals surface area contributed by atoms with Crippen molar-refractivity contribution in [2.24, 2.45) is 52.1 Å². The first-order chi connectivity index (χ1) is 12.4. The lowest BCUT2D eigenvalue weighted by Crippen LogP contribution is -2.59. The molecule has 4 fully saturated rings. The lowest BCUT2D eigenvalue weighted by Gasteiger charge is -2.61. The molecule has 1 saturated heterocycles. The highest BCUT2D eigenvalue weighted by Crippen LogP contribution is 2.67. The van der Waals surface area contributed by atoms with Gasteiger partial charge in [0.05, 0.1) is 13.0 Å². The summed E-state index contributed by atoms with van der Waals surface area (Å²) in [5, 5.41) is 0. The molecule has 0 aromatic rings. The molecule has 4 aliphatic carbocycles. The second-order valence-electron chi connectivity index (χ2n) is 10.6. The van der Waals surface area contributed by atoms with E-state index in [1.165, 1.54) is 38.5 Å². The molecule has 1 aliphatic heterocycles. The Morgan fingerprint density at radius 2 is 1.88 bits per heavy atom. The summed E-state index contributed by atoms with van der Waals surface area (Å²) in [4.78, 5) is 11.7. The van der Waals surface area contributed by atoms with Crippen molar-refractivity contribution in [1.29, 1.82) is 0 Å². The number of fused-ring (bicyclic) bond motifs is 5. The van der Waals surface area contributed by atoms with Crippen LogP contribution in [0.3, 0.4) is 0 Å². The summed E-state index contributed by atoms with van der Waals surface area (Å²) in [5.41, 5.74) is 7.45. The van der Waals surface area contributed by atoms with Crippen LogP contribution in [-0.4, -0.2) is 18.6 Å². The highest BCUT2D eigenvalue weighted by molar-refractivity contribution is 5.71. The van der Waals surface area contributed by atoms with E-state index in [9.17, 15) is 4.79 Å². The van der Waals surface area contributed by atoms with Gasteiger partial charge in [-0.3, -0.25) is 4.79 Å². The molecule has 1 heterocycles. The van der Waals surface area contributed by atoms with Gasteiger partial charge in [-0.05, 0) is 85.4 Å². The highest BCUT2D eigenvalue weighted by atomic mass is 16.5. The Morgan fingerprint density at radius 1 is 1.08 bits per heavy atom. The lowest BCUT2D eigenvalue weighted by atomic mass is 9.44. The Morgan fingerprint density at radius 3 is 2.65 bits per heavy atom. The van der Waals surface area contributed by atoms with Crippen molar-refractivity contribution in [3.63, 3.8) is 0 Å². The van der Waals surface area contributed by atoms with Gasteiger partial charge in [0, 0.05) is 12.0 Å². The highest BCUT2D eigenvalue weighted by Gasteiger charge is 2.61. The molecular formula is C23H35NO2. The summed E-state index contributed by atoms with van der Waals surface area (Å²) in [6.45, 7) is 5.75. The molecule has 26 heavy (non-hydrogen) atoms. The van der Waals surface area contributed by atoms with Gasteiger partial charge in [-0.15, -0.1) is 0 Å². The standard InChI is InChI=1S/C23H35NO2/c1-22-11-10-19-16(7-6-15-4-3-5-20(24)23(15,19)2)18(22)9-8-17(22)14-12-21(25)26-13-14/h3-4,14-20H,5-13,24H2,1-2H3/t14-,15?,16-,17+,18+,19-,20?,22+,23-/m0/s1. The third-order valence-corrected chi connectivity index (χ3v) is 9.93. The Labute approximate surface area is 158 Å². The number of hydrogen-bond donors (Lipinski definition) is 1. The normalized spacial score (nSPS) is 55.8.